The zero-order valence-electron chi connectivity index (χ0n) is 17.1. The average molecular weight is 423 g/mol. The summed E-state index contributed by atoms with van der Waals surface area (Å²) in [6.45, 7) is 6.02. The first-order chi connectivity index (χ1) is 13.8. The molecular weight excluding hydrogens is 396 g/mol. The fourth-order valence-corrected chi connectivity index (χ4v) is 3.43. The normalized spacial score (nSPS) is 16.7. The summed E-state index contributed by atoms with van der Waals surface area (Å²) in [6.07, 6.45) is -0.346. The molecule has 2 rings (SSSR count). The van der Waals surface area contributed by atoms with Gasteiger partial charge in [0.05, 0.1) is 49.2 Å². The van der Waals surface area contributed by atoms with Crippen molar-refractivity contribution in [2.24, 2.45) is 5.73 Å². The van der Waals surface area contributed by atoms with Gasteiger partial charge in [-0.2, -0.15) is 0 Å². The van der Waals surface area contributed by atoms with Gasteiger partial charge >= 0.3 is 11.9 Å². The van der Waals surface area contributed by atoms with Crippen LogP contribution in [0.25, 0.3) is 0 Å². The van der Waals surface area contributed by atoms with Crippen molar-refractivity contribution in [1.82, 2.24) is 5.32 Å². The first-order valence-electron chi connectivity index (χ1n) is 9.34. The largest absolute Gasteiger partial charge is 0.466 e. The van der Waals surface area contributed by atoms with Crippen molar-refractivity contribution in [3.05, 3.63) is 57.4 Å². The van der Waals surface area contributed by atoms with Crippen LogP contribution in [0.4, 0.5) is 0 Å². The van der Waals surface area contributed by atoms with Crippen molar-refractivity contribution in [1.29, 1.82) is 0 Å². The molecule has 0 saturated heterocycles. The maximum absolute atomic E-state index is 13.1. The molecule has 1 unspecified atom stereocenters. The summed E-state index contributed by atoms with van der Waals surface area (Å²) in [7, 11) is 1.29. The van der Waals surface area contributed by atoms with Crippen LogP contribution in [0.2, 0.25) is 5.02 Å². The Morgan fingerprint density at radius 1 is 1.21 bits per heavy atom. The van der Waals surface area contributed by atoms with Crippen molar-refractivity contribution < 1.29 is 23.8 Å². The van der Waals surface area contributed by atoms with Crippen LogP contribution in [-0.4, -0.2) is 44.9 Å². The van der Waals surface area contributed by atoms with Gasteiger partial charge in [0.25, 0.3) is 0 Å². The minimum atomic E-state index is -0.764. The molecule has 8 heteroatoms. The van der Waals surface area contributed by atoms with Crippen LogP contribution in [-0.2, 0) is 23.8 Å². The molecule has 0 aromatic heterocycles. The maximum Gasteiger partial charge on any atom is 0.337 e. The zero-order chi connectivity index (χ0) is 21.6. The predicted molar refractivity (Wildman–Crippen MR) is 110 cm³/mol. The van der Waals surface area contributed by atoms with Crippen LogP contribution in [0.15, 0.2) is 46.8 Å². The van der Waals surface area contributed by atoms with Gasteiger partial charge in [0.2, 0.25) is 0 Å². The van der Waals surface area contributed by atoms with Gasteiger partial charge in [-0.05, 0) is 32.4 Å². The number of hydrogen-bond acceptors (Lipinski definition) is 7. The summed E-state index contributed by atoms with van der Waals surface area (Å²) in [4.78, 5) is 25.7. The van der Waals surface area contributed by atoms with Gasteiger partial charge in [0.15, 0.2) is 0 Å². The molecule has 0 saturated carbocycles. The average Bonchev–Trinajstić information content (AvgIpc) is 2.67. The molecule has 158 valence electrons. The summed E-state index contributed by atoms with van der Waals surface area (Å²) in [5.74, 6) is -1.88. The number of carbonyl (C=O) groups is 2. The smallest absolute Gasteiger partial charge is 0.337 e. The topological polar surface area (TPSA) is 99.9 Å². The van der Waals surface area contributed by atoms with E-state index < -0.39 is 17.9 Å². The summed E-state index contributed by atoms with van der Waals surface area (Å²) in [5.41, 5.74) is 7.71. The molecule has 0 fully saturated rings. The SMILES string of the molecule is COC(=O)C1=C(C)NC(COCCN)=C(C(=O)OC(C)C)C1c1ccccc1Cl. The van der Waals surface area contributed by atoms with Crippen molar-refractivity contribution >= 4 is 23.5 Å². The van der Waals surface area contributed by atoms with Crippen molar-refractivity contribution in [3.63, 3.8) is 0 Å². The lowest BCUT2D eigenvalue weighted by Crippen LogP contribution is -2.35. The van der Waals surface area contributed by atoms with Gasteiger partial charge in [-0.3, -0.25) is 0 Å². The van der Waals surface area contributed by atoms with Crippen LogP contribution in [0.5, 0.6) is 0 Å². The van der Waals surface area contributed by atoms with E-state index in [1.54, 1.807) is 45.0 Å². The van der Waals surface area contributed by atoms with Crippen LogP contribution in [0.1, 0.15) is 32.3 Å². The Labute approximate surface area is 175 Å². The lowest BCUT2D eigenvalue weighted by molar-refractivity contribution is -0.143. The monoisotopic (exact) mass is 422 g/mol. The highest BCUT2D eigenvalue weighted by Crippen LogP contribution is 2.41. The molecule has 0 spiro atoms. The van der Waals surface area contributed by atoms with Gasteiger partial charge in [-0.15, -0.1) is 0 Å². The summed E-state index contributed by atoms with van der Waals surface area (Å²) in [6, 6.07) is 7.06. The predicted octanol–water partition coefficient (Wildman–Crippen LogP) is 2.65. The molecule has 29 heavy (non-hydrogen) atoms. The second-order valence-electron chi connectivity index (χ2n) is 6.80. The number of halogens is 1. The molecule has 1 aromatic rings. The number of allylic oxidation sites excluding steroid dienone is 1. The van der Waals surface area contributed by atoms with E-state index in [1.165, 1.54) is 7.11 Å². The van der Waals surface area contributed by atoms with Crippen molar-refractivity contribution in [3.8, 4) is 0 Å². The number of hydrogen-bond donors (Lipinski definition) is 2. The molecule has 1 aliphatic heterocycles. The second-order valence-corrected chi connectivity index (χ2v) is 7.20. The van der Waals surface area contributed by atoms with Gasteiger partial charge < -0.3 is 25.3 Å². The number of esters is 2. The van der Waals surface area contributed by atoms with Crippen molar-refractivity contribution in [2.75, 3.05) is 26.9 Å². The maximum atomic E-state index is 13.1. The van der Waals surface area contributed by atoms with E-state index in [1.807, 2.05) is 0 Å². The third-order valence-electron chi connectivity index (χ3n) is 4.34. The molecule has 1 aliphatic rings. The van der Waals surface area contributed by atoms with Crippen LogP contribution >= 0.6 is 11.6 Å². The van der Waals surface area contributed by atoms with E-state index in [2.05, 4.69) is 5.32 Å². The summed E-state index contributed by atoms with van der Waals surface area (Å²) >= 11 is 6.45. The number of carbonyl (C=O) groups excluding carboxylic acids is 2. The lowest BCUT2D eigenvalue weighted by Gasteiger charge is -2.32. The van der Waals surface area contributed by atoms with Gasteiger partial charge in [-0.1, -0.05) is 29.8 Å². The molecule has 7 nitrogen and oxygen atoms in total. The molecule has 1 atom stereocenters. The quantitative estimate of drug-likeness (QED) is 0.490. The Kier molecular flexibility index (Phi) is 8.25. The van der Waals surface area contributed by atoms with Crippen molar-refractivity contribution in [2.45, 2.75) is 32.8 Å². The Morgan fingerprint density at radius 3 is 2.48 bits per heavy atom. The molecule has 0 radical (unpaired) electrons. The van der Waals surface area contributed by atoms with Gasteiger partial charge in [-0.25, -0.2) is 9.59 Å². The summed E-state index contributed by atoms with van der Waals surface area (Å²) in [5, 5.41) is 3.53. The first-order valence-corrected chi connectivity index (χ1v) is 9.71. The minimum Gasteiger partial charge on any atom is -0.466 e. The fourth-order valence-electron chi connectivity index (χ4n) is 3.19. The van der Waals surface area contributed by atoms with E-state index in [-0.39, 0.29) is 18.3 Å². The third-order valence-corrected chi connectivity index (χ3v) is 4.68. The van der Waals surface area contributed by atoms with E-state index in [0.717, 1.165) is 0 Å². The highest BCUT2D eigenvalue weighted by Gasteiger charge is 2.39. The second kappa shape index (κ2) is 10.4. The molecule has 3 N–H and O–H groups in total. The number of nitrogens with one attached hydrogen (secondary N) is 1. The van der Waals surface area contributed by atoms with Gasteiger partial charge in [0, 0.05) is 17.3 Å². The molecule has 0 aliphatic carbocycles. The number of benzene rings is 1. The number of rotatable bonds is 8. The third kappa shape index (κ3) is 5.38. The van der Waals surface area contributed by atoms with E-state index in [9.17, 15) is 9.59 Å². The summed E-state index contributed by atoms with van der Waals surface area (Å²) < 4.78 is 16.0. The van der Waals surface area contributed by atoms with E-state index >= 15 is 0 Å². The Morgan fingerprint density at radius 2 is 1.90 bits per heavy atom. The standard InChI is InChI=1S/C21H27ClN2O5/c1-12(2)29-21(26)19-16(11-28-10-9-23)24-13(3)17(20(25)27-4)18(19)14-7-5-6-8-15(14)22/h5-8,12,18,24H,9-11,23H2,1-4H3. The van der Waals surface area contributed by atoms with E-state index in [0.29, 0.717) is 40.7 Å². The Hall–Kier alpha value is -2.35. The van der Waals surface area contributed by atoms with Gasteiger partial charge in [0.1, 0.15) is 0 Å². The van der Waals surface area contributed by atoms with Crippen LogP contribution in [0.3, 0.4) is 0 Å². The molecule has 1 aromatic carbocycles. The molecular formula is C21H27ClN2O5. The number of dihydropyridines is 1. The van der Waals surface area contributed by atoms with E-state index in [4.69, 9.17) is 31.5 Å². The Bertz CT molecular complexity index is 832. The molecule has 1 heterocycles. The molecule has 0 bridgehead atoms. The number of nitrogens with two attached hydrogens (primary N) is 1. The number of ether oxygens (including phenoxy) is 3. The first kappa shape index (κ1) is 22.9. The lowest BCUT2D eigenvalue weighted by atomic mass is 9.80. The Balaban J connectivity index is 2.68. The zero-order valence-corrected chi connectivity index (χ0v) is 17.8. The highest BCUT2D eigenvalue weighted by molar-refractivity contribution is 6.31. The van der Waals surface area contributed by atoms with Crippen LogP contribution < -0.4 is 11.1 Å². The van der Waals surface area contributed by atoms with Crippen LogP contribution in [0, 0.1) is 0 Å². The highest BCUT2D eigenvalue weighted by atomic mass is 35.5. The fraction of sp³-hybridized carbons (Fsp3) is 0.429. The minimum absolute atomic E-state index is 0.104. The number of methoxy groups -OCH3 is 1. The molecule has 0 amide bonds.